The SMILES string of the molecule is FC(F)(F)SC([As])SC(F)(F)F. The zero-order chi connectivity index (χ0) is 9.99. The van der Waals surface area contributed by atoms with Crippen LogP contribution in [0.25, 0.3) is 0 Å². The molecule has 0 amide bonds. The van der Waals surface area contributed by atoms with Gasteiger partial charge in [-0.05, 0) is 0 Å². The molecule has 0 unspecified atom stereocenters. The Morgan fingerprint density at radius 1 is 0.833 bits per heavy atom. The Morgan fingerprint density at radius 2 is 1.08 bits per heavy atom. The fraction of sp³-hybridized carbons (Fsp3) is 1.00. The van der Waals surface area contributed by atoms with Crippen molar-refractivity contribution in [3.63, 3.8) is 0 Å². The second-order valence-electron chi connectivity index (χ2n) is 1.43. The van der Waals surface area contributed by atoms with Crippen molar-refractivity contribution in [1.29, 1.82) is 0 Å². The number of hydrogen-bond acceptors (Lipinski definition) is 2. The van der Waals surface area contributed by atoms with Gasteiger partial charge < -0.3 is 0 Å². The first-order valence-corrected chi connectivity index (χ1v) is 5.11. The summed E-state index contributed by atoms with van der Waals surface area (Å²) in [5, 5.41) is 0. The van der Waals surface area contributed by atoms with Gasteiger partial charge in [-0.25, -0.2) is 0 Å². The fourth-order valence-corrected chi connectivity index (χ4v) is 3.06. The number of rotatable bonds is 2. The Hall–Kier alpha value is 0.838. The van der Waals surface area contributed by atoms with Crippen molar-refractivity contribution in [1.82, 2.24) is 0 Å². The molecule has 0 fully saturated rings. The molecule has 2 radical (unpaired) electrons. The molecule has 0 aromatic carbocycles. The van der Waals surface area contributed by atoms with Gasteiger partial charge in [-0.2, -0.15) is 0 Å². The van der Waals surface area contributed by atoms with Gasteiger partial charge in [0.25, 0.3) is 0 Å². The van der Waals surface area contributed by atoms with E-state index in [1.165, 1.54) is 16.9 Å². The van der Waals surface area contributed by atoms with E-state index in [9.17, 15) is 26.3 Å². The van der Waals surface area contributed by atoms with E-state index in [0.717, 1.165) is 0 Å². The maximum absolute atomic E-state index is 11.5. The fourth-order valence-electron chi connectivity index (χ4n) is 0.253. The number of halogens is 6. The quantitative estimate of drug-likeness (QED) is 0.436. The average Bonchev–Trinajstić information content (AvgIpc) is 1.49. The van der Waals surface area contributed by atoms with Gasteiger partial charge in [-0.3, -0.25) is 0 Å². The first-order chi connectivity index (χ1) is 5.10. The van der Waals surface area contributed by atoms with Crippen molar-refractivity contribution in [3.8, 4) is 0 Å². The minimum absolute atomic E-state index is 0.701. The van der Waals surface area contributed by atoms with Crippen LogP contribution in [0.2, 0.25) is 0 Å². The van der Waals surface area contributed by atoms with Crippen molar-refractivity contribution in [2.45, 2.75) is 14.4 Å². The van der Waals surface area contributed by atoms with Crippen LogP contribution in [0, 0.1) is 0 Å². The molecule has 0 saturated carbocycles. The summed E-state index contributed by atoms with van der Waals surface area (Å²) in [6, 6.07) is 0. The summed E-state index contributed by atoms with van der Waals surface area (Å²) in [6.45, 7) is 0. The summed E-state index contributed by atoms with van der Waals surface area (Å²) in [4.78, 5) is 0. The number of alkyl halides is 6. The molecule has 0 atom stereocenters. The van der Waals surface area contributed by atoms with Gasteiger partial charge in [-0.1, -0.05) is 0 Å². The normalized spacial score (nSPS) is 14.0. The van der Waals surface area contributed by atoms with E-state index in [1.54, 1.807) is 0 Å². The van der Waals surface area contributed by atoms with E-state index in [-0.39, 0.29) is 0 Å². The minimum atomic E-state index is -4.63. The summed E-state index contributed by atoms with van der Waals surface area (Å²) in [5.74, 6) is 0. The van der Waals surface area contributed by atoms with Crippen LogP contribution in [-0.2, 0) is 0 Å². The van der Waals surface area contributed by atoms with Crippen molar-refractivity contribution in [2.75, 3.05) is 0 Å². The molecular formula is C3HAsF6S2. The zero-order valence-corrected chi connectivity index (χ0v) is 8.62. The monoisotopic (exact) mass is 290 g/mol. The van der Waals surface area contributed by atoms with Gasteiger partial charge in [0.2, 0.25) is 0 Å². The summed E-state index contributed by atoms with van der Waals surface area (Å²) < 4.78 is 67.1. The molecular weight excluding hydrogens is 289 g/mol. The molecule has 0 nitrogen and oxygen atoms in total. The average molecular weight is 290 g/mol. The molecule has 0 heterocycles. The van der Waals surface area contributed by atoms with Crippen LogP contribution >= 0.6 is 23.5 Å². The molecule has 0 bridgehead atoms. The predicted molar refractivity (Wildman–Crippen MR) is 36.8 cm³/mol. The Labute approximate surface area is 81.3 Å². The molecule has 0 aromatic heterocycles. The van der Waals surface area contributed by atoms with E-state index in [1.807, 2.05) is 0 Å². The Kier molecular flexibility index (Phi) is 4.68. The Bertz CT molecular complexity index is 125. The van der Waals surface area contributed by atoms with E-state index >= 15 is 0 Å². The summed E-state index contributed by atoms with van der Waals surface area (Å²) in [7, 11) is 0. The summed E-state index contributed by atoms with van der Waals surface area (Å²) in [5.41, 5.74) is -9.26. The van der Waals surface area contributed by atoms with E-state index in [0.29, 0.717) is 0 Å². The van der Waals surface area contributed by atoms with Crippen molar-refractivity contribution in [2.24, 2.45) is 0 Å². The molecule has 0 spiro atoms. The molecule has 0 aliphatic heterocycles. The second-order valence-corrected chi connectivity index (χ2v) is 6.68. The van der Waals surface area contributed by atoms with Crippen molar-refractivity contribution in [3.05, 3.63) is 0 Å². The van der Waals surface area contributed by atoms with Gasteiger partial charge in [0.05, 0.1) is 0 Å². The van der Waals surface area contributed by atoms with Crippen LogP contribution in [0.3, 0.4) is 0 Å². The first kappa shape index (κ1) is 12.8. The Morgan fingerprint density at radius 3 is 1.25 bits per heavy atom. The third-order valence-corrected chi connectivity index (χ3v) is 3.31. The van der Waals surface area contributed by atoms with Crippen LogP contribution in [-0.4, -0.2) is 31.2 Å². The van der Waals surface area contributed by atoms with E-state index in [4.69, 9.17) is 0 Å². The van der Waals surface area contributed by atoms with Gasteiger partial charge in [0.1, 0.15) is 0 Å². The summed E-state index contributed by atoms with van der Waals surface area (Å²) >= 11 is -0.0857. The van der Waals surface area contributed by atoms with Crippen LogP contribution in [0.1, 0.15) is 0 Å². The van der Waals surface area contributed by atoms with E-state index in [2.05, 4.69) is 0 Å². The van der Waals surface area contributed by atoms with Gasteiger partial charge in [0.15, 0.2) is 0 Å². The molecule has 0 rings (SSSR count). The third kappa shape index (κ3) is 8.93. The molecule has 0 N–H and O–H groups in total. The third-order valence-electron chi connectivity index (χ3n) is 0.469. The van der Waals surface area contributed by atoms with Crippen LogP contribution in [0.15, 0.2) is 0 Å². The Balaban J connectivity index is 3.83. The molecule has 72 valence electrons. The molecule has 0 saturated heterocycles. The first-order valence-electron chi connectivity index (χ1n) is 2.27. The standard InChI is InChI=1S/C3HAsF6S2/c4-1(11-2(5,6)7)12-3(8,9)10/h1H. The van der Waals surface area contributed by atoms with Gasteiger partial charge in [0, 0.05) is 0 Å². The van der Waals surface area contributed by atoms with Crippen molar-refractivity contribution >= 4 is 40.4 Å². The van der Waals surface area contributed by atoms with Crippen LogP contribution < -0.4 is 0 Å². The predicted octanol–water partition coefficient (Wildman–Crippen LogP) is 2.94. The summed E-state index contributed by atoms with van der Waals surface area (Å²) in [6.07, 6.45) is 0. The zero-order valence-electron chi connectivity index (χ0n) is 5.11. The molecule has 12 heavy (non-hydrogen) atoms. The van der Waals surface area contributed by atoms with Crippen molar-refractivity contribution < 1.29 is 26.3 Å². The molecule has 0 aromatic rings. The maximum atomic E-state index is 11.5. The van der Waals surface area contributed by atoms with Crippen LogP contribution in [0.4, 0.5) is 26.3 Å². The van der Waals surface area contributed by atoms with Crippen LogP contribution in [0.5, 0.6) is 0 Å². The second kappa shape index (κ2) is 4.37. The van der Waals surface area contributed by atoms with Gasteiger partial charge in [-0.15, -0.1) is 0 Å². The number of hydrogen-bond donors (Lipinski definition) is 0. The molecule has 0 aliphatic carbocycles. The molecule has 9 heteroatoms. The van der Waals surface area contributed by atoms with E-state index < -0.39 is 37.9 Å². The van der Waals surface area contributed by atoms with Gasteiger partial charge >= 0.3 is 81.1 Å². The number of thioether (sulfide) groups is 2. The molecule has 0 aliphatic rings. The topological polar surface area (TPSA) is 0 Å².